The van der Waals surface area contributed by atoms with Crippen LogP contribution in [0.4, 0.5) is 0 Å². The molecule has 128 valence electrons. The van der Waals surface area contributed by atoms with Gasteiger partial charge in [0.1, 0.15) is 23.4 Å². The van der Waals surface area contributed by atoms with Gasteiger partial charge in [0, 0.05) is 26.2 Å². The van der Waals surface area contributed by atoms with E-state index in [4.69, 9.17) is 4.42 Å². The summed E-state index contributed by atoms with van der Waals surface area (Å²) < 4.78 is 7.44. The summed E-state index contributed by atoms with van der Waals surface area (Å²) >= 11 is 1.48. The quantitative estimate of drug-likeness (QED) is 0.782. The minimum Gasteiger partial charge on any atom is -0.492 e. The lowest BCUT2D eigenvalue weighted by molar-refractivity contribution is 0.117. The van der Waals surface area contributed by atoms with Gasteiger partial charge < -0.3 is 14.4 Å². The Bertz CT molecular complexity index is 859. The molecule has 0 aliphatic carbocycles. The monoisotopic (exact) mass is 347 g/mol. The van der Waals surface area contributed by atoms with Crippen molar-refractivity contribution in [2.75, 3.05) is 33.2 Å². The first kappa shape index (κ1) is 15.6. The second-order valence-corrected chi connectivity index (χ2v) is 7.34. The fourth-order valence-electron chi connectivity index (χ4n) is 3.18. The third kappa shape index (κ3) is 2.60. The van der Waals surface area contributed by atoms with Gasteiger partial charge in [-0.1, -0.05) is 11.3 Å². The third-order valence-electron chi connectivity index (χ3n) is 4.49. The number of nitrogens with zero attached hydrogens (tertiary/aromatic N) is 5. The number of aromatic nitrogens is 3. The molecule has 1 saturated heterocycles. The number of rotatable bonds is 3. The van der Waals surface area contributed by atoms with Crippen LogP contribution in [0.5, 0.6) is 5.88 Å². The highest BCUT2D eigenvalue weighted by Crippen LogP contribution is 2.40. The fraction of sp³-hybridized carbons (Fsp3) is 0.500. The van der Waals surface area contributed by atoms with E-state index in [2.05, 4.69) is 26.9 Å². The summed E-state index contributed by atoms with van der Waals surface area (Å²) in [5, 5.41) is 15.0. The molecule has 0 aromatic carbocycles. The number of hydrogen-bond acceptors (Lipinski definition) is 7. The Morgan fingerprint density at radius 3 is 2.58 bits per heavy atom. The molecular formula is C16H21N5O2S. The summed E-state index contributed by atoms with van der Waals surface area (Å²) in [6.45, 7) is 7.61. The number of furan rings is 1. The highest BCUT2D eigenvalue weighted by atomic mass is 32.1. The third-order valence-corrected chi connectivity index (χ3v) is 5.56. The zero-order valence-corrected chi connectivity index (χ0v) is 14.9. The first-order valence-corrected chi connectivity index (χ1v) is 8.88. The number of aromatic hydroxyl groups is 1. The van der Waals surface area contributed by atoms with Gasteiger partial charge in [-0.15, -0.1) is 5.10 Å². The second-order valence-electron chi connectivity index (χ2n) is 6.33. The molecule has 4 rings (SSSR count). The van der Waals surface area contributed by atoms with Crippen LogP contribution in [0.3, 0.4) is 0 Å². The zero-order chi connectivity index (χ0) is 16.8. The van der Waals surface area contributed by atoms with Crippen molar-refractivity contribution in [2.24, 2.45) is 0 Å². The van der Waals surface area contributed by atoms with Gasteiger partial charge in [0.15, 0.2) is 0 Å². The van der Waals surface area contributed by atoms with Gasteiger partial charge in [-0.05, 0) is 33.0 Å². The molecule has 0 spiro atoms. The topological polar surface area (TPSA) is 70.0 Å². The van der Waals surface area contributed by atoms with Crippen molar-refractivity contribution in [3.63, 3.8) is 0 Å². The fourth-order valence-corrected chi connectivity index (χ4v) is 4.32. The Hall–Kier alpha value is -1.90. The Kier molecular flexibility index (Phi) is 3.82. The molecule has 0 unspecified atom stereocenters. The lowest BCUT2D eigenvalue weighted by atomic mass is 10.1. The van der Waals surface area contributed by atoms with Crippen LogP contribution in [-0.2, 0) is 0 Å². The molecule has 0 bridgehead atoms. The first-order chi connectivity index (χ1) is 11.5. The molecule has 7 nitrogen and oxygen atoms in total. The number of thiazole rings is 1. The van der Waals surface area contributed by atoms with Crippen LogP contribution in [0.15, 0.2) is 16.5 Å². The minimum absolute atomic E-state index is 0.110. The van der Waals surface area contributed by atoms with Gasteiger partial charge in [-0.25, -0.2) is 4.98 Å². The maximum absolute atomic E-state index is 10.7. The van der Waals surface area contributed by atoms with Crippen molar-refractivity contribution >= 4 is 16.3 Å². The van der Waals surface area contributed by atoms with E-state index in [1.807, 2.05) is 26.0 Å². The maximum atomic E-state index is 10.7. The van der Waals surface area contributed by atoms with Gasteiger partial charge in [0.2, 0.25) is 10.8 Å². The van der Waals surface area contributed by atoms with Crippen LogP contribution in [0.2, 0.25) is 0 Å². The SMILES string of the molecule is Cc1nc2sc([C@H](c3ccc(C)o3)N3CCN(C)CC3)c(O)n2n1. The molecule has 1 atom stereocenters. The summed E-state index contributed by atoms with van der Waals surface area (Å²) in [7, 11) is 2.13. The Balaban J connectivity index is 1.78. The maximum Gasteiger partial charge on any atom is 0.230 e. The van der Waals surface area contributed by atoms with E-state index in [1.165, 1.54) is 15.9 Å². The van der Waals surface area contributed by atoms with Crippen LogP contribution in [0, 0.1) is 13.8 Å². The molecule has 0 amide bonds. The van der Waals surface area contributed by atoms with E-state index in [9.17, 15) is 5.11 Å². The lowest BCUT2D eigenvalue weighted by Crippen LogP contribution is -2.46. The summed E-state index contributed by atoms with van der Waals surface area (Å²) in [6.07, 6.45) is 0. The number of hydrogen-bond donors (Lipinski definition) is 1. The molecule has 8 heteroatoms. The van der Waals surface area contributed by atoms with Gasteiger partial charge in [-0.3, -0.25) is 4.90 Å². The molecule has 0 radical (unpaired) electrons. The zero-order valence-electron chi connectivity index (χ0n) is 14.1. The summed E-state index contributed by atoms with van der Waals surface area (Å²) in [4.78, 5) is 10.6. The standard InChI is InChI=1S/C16H21N5O2S/c1-10-4-5-12(23-10)13(20-8-6-19(3)7-9-20)14-15(22)21-16(24-14)17-11(2)18-21/h4-5,13,22H,6-9H2,1-3H3/t13-/m0/s1. The molecule has 4 heterocycles. The average molecular weight is 347 g/mol. The number of likely N-dealkylation sites (N-methyl/N-ethyl adjacent to an activating group) is 1. The molecule has 1 aliphatic rings. The molecular weight excluding hydrogens is 326 g/mol. The number of piperazine rings is 1. The first-order valence-electron chi connectivity index (χ1n) is 8.07. The van der Waals surface area contributed by atoms with E-state index in [0.717, 1.165) is 42.6 Å². The van der Waals surface area contributed by atoms with Gasteiger partial charge in [0.25, 0.3) is 0 Å². The summed E-state index contributed by atoms with van der Waals surface area (Å²) in [6, 6.07) is 3.86. The minimum atomic E-state index is -0.110. The van der Waals surface area contributed by atoms with Crippen LogP contribution in [-0.4, -0.2) is 62.7 Å². The normalized spacial score (nSPS) is 18.5. The number of fused-ring (bicyclic) bond motifs is 1. The Morgan fingerprint density at radius 2 is 1.96 bits per heavy atom. The van der Waals surface area contributed by atoms with E-state index >= 15 is 0 Å². The molecule has 1 aliphatic heterocycles. The van der Waals surface area contributed by atoms with E-state index < -0.39 is 0 Å². The van der Waals surface area contributed by atoms with Crippen molar-refractivity contribution in [1.29, 1.82) is 0 Å². The van der Waals surface area contributed by atoms with Gasteiger partial charge in [0.05, 0.1) is 4.88 Å². The predicted octanol–water partition coefficient (Wildman–Crippen LogP) is 2.04. The van der Waals surface area contributed by atoms with Crippen molar-refractivity contribution in [2.45, 2.75) is 19.9 Å². The lowest BCUT2D eigenvalue weighted by Gasteiger charge is -2.36. The van der Waals surface area contributed by atoms with E-state index in [-0.39, 0.29) is 11.9 Å². The molecule has 1 N–H and O–H groups in total. The van der Waals surface area contributed by atoms with Crippen LogP contribution >= 0.6 is 11.3 Å². The molecule has 0 saturated carbocycles. The van der Waals surface area contributed by atoms with E-state index in [0.29, 0.717) is 10.8 Å². The predicted molar refractivity (Wildman–Crippen MR) is 91.6 cm³/mol. The average Bonchev–Trinajstić information content (AvgIpc) is 3.20. The number of aryl methyl sites for hydroxylation is 2. The highest BCUT2D eigenvalue weighted by molar-refractivity contribution is 7.17. The molecule has 3 aromatic heterocycles. The second kappa shape index (κ2) is 5.87. The van der Waals surface area contributed by atoms with Crippen LogP contribution in [0.1, 0.15) is 28.3 Å². The van der Waals surface area contributed by atoms with E-state index in [1.54, 1.807) is 0 Å². The Morgan fingerprint density at radius 1 is 1.21 bits per heavy atom. The molecule has 1 fully saturated rings. The van der Waals surface area contributed by atoms with Crippen molar-refractivity contribution in [3.05, 3.63) is 34.4 Å². The van der Waals surface area contributed by atoms with Crippen molar-refractivity contribution in [3.8, 4) is 5.88 Å². The van der Waals surface area contributed by atoms with Gasteiger partial charge >= 0.3 is 0 Å². The largest absolute Gasteiger partial charge is 0.492 e. The van der Waals surface area contributed by atoms with Crippen LogP contribution in [0.25, 0.3) is 4.96 Å². The molecule has 3 aromatic rings. The Labute approximate surface area is 144 Å². The highest BCUT2D eigenvalue weighted by Gasteiger charge is 2.33. The molecule has 24 heavy (non-hydrogen) atoms. The van der Waals surface area contributed by atoms with Gasteiger partial charge in [-0.2, -0.15) is 4.52 Å². The summed E-state index contributed by atoms with van der Waals surface area (Å²) in [5.41, 5.74) is 0. The summed E-state index contributed by atoms with van der Waals surface area (Å²) in [5.74, 6) is 2.55. The van der Waals surface area contributed by atoms with Crippen molar-refractivity contribution < 1.29 is 9.52 Å². The smallest absolute Gasteiger partial charge is 0.230 e. The van der Waals surface area contributed by atoms with Crippen molar-refractivity contribution in [1.82, 2.24) is 24.4 Å². The van der Waals surface area contributed by atoms with Crippen LogP contribution < -0.4 is 0 Å².